The van der Waals surface area contributed by atoms with E-state index >= 15 is 0 Å². The molecule has 0 atom stereocenters. The van der Waals surface area contributed by atoms with Crippen molar-refractivity contribution in [3.8, 4) is 0 Å². The molecule has 2 rings (SSSR count). The summed E-state index contributed by atoms with van der Waals surface area (Å²) >= 11 is 0. The number of halogens is 1. The van der Waals surface area contributed by atoms with Crippen LogP contribution in [-0.4, -0.2) is 38.3 Å². The summed E-state index contributed by atoms with van der Waals surface area (Å²) < 4.78 is 40.1. The van der Waals surface area contributed by atoms with Gasteiger partial charge in [0, 0.05) is 26.7 Å². The Balaban J connectivity index is 2.48. The molecule has 1 N–H and O–H groups in total. The molecule has 0 bridgehead atoms. The van der Waals surface area contributed by atoms with Crippen LogP contribution < -0.4 is 5.32 Å². The Kier molecular flexibility index (Phi) is 4.15. The molecule has 0 amide bonds. The number of non-ortho nitro benzene ring substituents is 1. The minimum absolute atomic E-state index is 0.121. The zero-order valence-corrected chi connectivity index (χ0v) is 12.5. The molecule has 0 aliphatic heterocycles. The molecular formula is C12H16FN3O4S. The van der Waals surface area contributed by atoms with Crippen LogP contribution in [0.3, 0.4) is 0 Å². The quantitative estimate of drug-likeness (QED) is 0.638. The number of anilines is 1. The molecule has 21 heavy (non-hydrogen) atoms. The summed E-state index contributed by atoms with van der Waals surface area (Å²) in [6, 6.07) is 1.64. The number of nitrogens with zero attached hydrogens (tertiary/aromatic N) is 2. The third-order valence-electron chi connectivity index (χ3n) is 3.39. The average molecular weight is 317 g/mol. The van der Waals surface area contributed by atoms with E-state index in [1.165, 1.54) is 14.1 Å². The van der Waals surface area contributed by atoms with Crippen molar-refractivity contribution in [3.63, 3.8) is 0 Å². The Morgan fingerprint density at radius 2 is 2.10 bits per heavy atom. The second-order valence-electron chi connectivity index (χ2n) is 5.04. The van der Waals surface area contributed by atoms with Gasteiger partial charge in [0.05, 0.1) is 16.7 Å². The summed E-state index contributed by atoms with van der Waals surface area (Å²) in [5, 5.41) is 13.2. The van der Waals surface area contributed by atoms with E-state index in [1.807, 2.05) is 0 Å². The first-order valence-electron chi connectivity index (χ1n) is 6.39. The van der Waals surface area contributed by atoms with Crippen LogP contribution in [0.5, 0.6) is 0 Å². The summed E-state index contributed by atoms with van der Waals surface area (Å²) in [6.45, 7) is 0.321. The lowest BCUT2D eigenvalue weighted by molar-refractivity contribution is -0.385. The summed E-state index contributed by atoms with van der Waals surface area (Å²) in [5.41, 5.74) is -0.620. The van der Waals surface area contributed by atoms with Gasteiger partial charge in [0.2, 0.25) is 10.0 Å². The van der Waals surface area contributed by atoms with Crippen LogP contribution in [0, 0.1) is 21.8 Å². The Bertz CT molecular complexity index is 673. The Morgan fingerprint density at radius 1 is 1.48 bits per heavy atom. The lowest BCUT2D eigenvalue weighted by atomic mass is 10.2. The van der Waals surface area contributed by atoms with Gasteiger partial charge in [-0.2, -0.15) is 0 Å². The van der Waals surface area contributed by atoms with Gasteiger partial charge in [-0.05, 0) is 18.8 Å². The predicted octanol–water partition coefficient (Wildman–Crippen LogP) is 1.81. The van der Waals surface area contributed by atoms with Crippen molar-refractivity contribution >= 4 is 21.4 Å². The van der Waals surface area contributed by atoms with Gasteiger partial charge in [0.25, 0.3) is 5.69 Å². The summed E-state index contributed by atoms with van der Waals surface area (Å²) in [7, 11) is -1.27. The first-order chi connectivity index (χ1) is 9.77. The van der Waals surface area contributed by atoms with E-state index in [0.29, 0.717) is 18.5 Å². The number of hydrogen-bond donors (Lipinski definition) is 1. The van der Waals surface area contributed by atoms with Crippen LogP contribution >= 0.6 is 0 Å². The zero-order chi connectivity index (χ0) is 15.8. The van der Waals surface area contributed by atoms with Crippen LogP contribution in [0.1, 0.15) is 12.8 Å². The van der Waals surface area contributed by atoms with E-state index in [9.17, 15) is 22.9 Å². The second-order valence-corrected chi connectivity index (χ2v) is 7.02. The predicted molar refractivity (Wildman–Crippen MR) is 75.1 cm³/mol. The number of hydrogen-bond acceptors (Lipinski definition) is 5. The molecule has 7 nitrogen and oxygen atoms in total. The fraction of sp³-hybridized carbons (Fsp3) is 0.500. The lowest BCUT2D eigenvalue weighted by Crippen LogP contribution is -2.30. The number of nitro benzene ring substituents is 1. The number of sulfonamides is 1. The van der Waals surface area contributed by atoms with E-state index in [1.54, 1.807) is 0 Å². The highest BCUT2D eigenvalue weighted by Gasteiger charge is 2.33. The smallest absolute Gasteiger partial charge is 0.274 e. The molecule has 1 aliphatic rings. The van der Waals surface area contributed by atoms with Crippen LogP contribution in [0.15, 0.2) is 17.0 Å². The van der Waals surface area contributed by atoms with Gasteiger partial charge in [-0.1, -0.05) is 0 Å². The third kappa shape index (κ3) is 3.13. The van der Waals surface area contributed by atoms with Gasteiger partial charge in [0.1, 0.15) is 4.90 Å². The van der Waals surface area contributed by atoms with Gasteiger partial charge in [-0.25, -0.2) is 17.1 Å². The molecule has 1 aliphatic carbocycles. The molecule has 0 unspecified atom stereocenters. The molecule has 0 heterocycles. The molecule has 0 spiro atoms. The first kappa shape index (κ1) is 15.6. The van der Waals surface area contributed by atoms with Crippen molar-refractivity contribution in [1.29, 1.82) is 0 Å². The topological polar surface area (TPSA) is 92.5 Å². The molecular weight excluding hydrogens is 301 g/mol. The third-order valence-corrected chi connectivity index (χ3v) is 5.29. The Morgan fingerprint density at radius 3 is 2.57 bits per heavy atom. The Hall–Kier alpha value is -1.74. The van der Waals surface area contributed by atoms with Gasteiger partial charge in [-0.3, -0.25) is 10.1 Å². The molecule has 1 aromatic carbocycles. The van der Waals surface area contributed by atoms with Gasteiger partial charge >= 0.3 is 0 Å². The van der Waals surface area contributed by atoms with Crippen LogP contribution in [-0.2, 0) is 10.0 Å². The first-order valence-corrected chi connectivity index (χ1v) is 7.83. The van der Waals surface area contributed by atoms with Gasteiger partial charge in [-0.15, -0.1) is 0 Å². The number of rotatable bonds is 6. The maximum absolute atomic E-state index is 14.1. The van der Waals surface area contributed by atoms with Crippen LogP contribution in [0.2, 0.25) is 0 Å². The van der Waals surface area contributed by atoms with Gasteiger partial charge < -0.3 is 5.32 Å². The fourth-order valence-corrected chi connectivity index (χ4v) is 3.51. The standard InChI is InChI=1S/C12H16FN3O4S/c1-14-11-6-9(16(17)18)5-10(13)12(11)21(19,20)15(2)7-8-3-4-8/h5-6,8,14H,3-4,7H2,1-2H3. The second kappa shape index (κ2) is 5.57. The highest BCUT2D eigenvalue weighted by molar-refractivity contribution is 7.89. The molecule has 1 fully saturated rings. The molecule has 0 radical (unpaired) electrons. The number of nitrogens with one attached hydrogen (secondary N) is 1. The van der Waals surface area contributed by atoms with Crippen molar-refractivity contribution in [1.82, 2.24) is 4.31 Å². The molecule has 1 aromatic rings. The zero-order valence-electron chi connectivity index (χ0n) is 11.7. The average Bonchev–Trinajstić information content (AvgIpc) is 3.20. The van der Waals surface area contributed by atoms with Crippen molar-refractivity contribution in [3.05, 3.63) is 28.1 Å². The number of benzene rings is 1. The highest BCUT2D eigenvalue weighted by atomic mass is 32.2. The van der Waals surface area contributed by atoms with Crippen molar-refractivity contribution in [2.45, 2.75) is 17.7 Å². The summed E-state index contributed by atoms with van der Waals surface area (Å²) in [4.78, 5) is 9.39. The molecule has 116 valence electrons. The van der Waals surface area contributed by atoms with Crippen molar-refractivity contribution < 1.29 is 17.7 Å². The summed E-state index contributed by atoms with van der Waals surface area (Å²) in [5.74, 6) is -0.819. The fourth-order valence-electron chi connectivity index (χ4n) is 2.05. The maximum Gasteiger partial charge on any atom is 0.274 e. The molecule has 1 saturated carbocycles. The SMILES string of the molecule is CNc1cc([N+](=O)[O-])cc(F)c1S(=O)(=O)N(C)CC1CC1. The number of nitro groups is 1. The minimum atomic E-state index is -4.04. The largest absolute Gasteiger partial charge is 0.387 e. The normalized spacial score (nSPS) is 15.2. The summed E-state index contributed by atoms with van der Waals surface area (Å²) in [6.07, 6.45) is 1.92. The lowest BCUT2D eigenvalue weighted by Gasteiger charge is -2.19. The van der Waals surface area contributed by atoms with Gasteiger partial charge in [0.15, 0.2) is 5.82 Å². The maximum atomic E-state index is 14.1. The molecule has 0 aromatic heterocycles. The van der Waals surface area contributed by atoms with Crippen molar-refractivity contribution in [2.24, 2.45) is 5.92 Å². The molecule has 0 saturated heterocycles. The van der Waals surface area contributed by atoms with Crippen LogP contribution in [0.4, 0.5) is 15.8 Å². The van der Waals surface area contributed by atoms with Crippen molar-refractivity contribution in [2.75, 3.05) is 26.0 Å². The van der Waals surface area contributed by atoms with E-state index in [-0.39, 0.29) is 5.69 Å². The Labute approximate surface area is 122 Å². The minimum Gasteiger partial charge on any atom is -0.387 e. The van der Waals surface area contributed by atoms with E-state index in [2.05, 4.69) is 5.32 Å². The highest BCUT2D eigenvalue weighted by Crippen LogP contribution is 2.34. The van der Waals surface area contributed by atoms with E-state index in [0.717, 1.165) is 23.2 Å². The monoisotopic (exact) mass is 317 g/mol. The molecule has 9 heteroatoms. The van der Waals surface area contributed by atoms with E-state index < -0.39 is 31.3 Å². The van der Waals surface area contributed by atoms with E-state index in [4.69, 9.17) is 0 Å². The van der Waals surface area contributed by atoms with Crippen LogP contribution in [0.25, 0.3) is 0 Å².